The average Bonchev–Trinajstić information content (AvgIpc) is 3.71. The molecule has 3 aromatic rings. The summed E-state index contributed by atoms with van der Waals surface area (Å²) in [6.45, 7) is 12.0. The quantitative estimate of drug-likeness (QED) is 0.0988. The van der Waals surface area contributed by atoms with Crippen molar-refractivity contribution in [3.63, 3.8) is 0 Å². The van der Waals surface area contributed by atoms with E-state index in [1.165, 1.54) is 18.3 Å². The third kappa shape index (κ3) is 13.6. The number of likely N-dealkylation sites (tertiary alicyclic amines) is 1. The molecule has 1 aliphatic rings. The Morgan fingerprint density at radius 2 is 1.66 bits per heavy atom. The number of thiazole rings is 1. The van der Waals surface area contributed by atoms with Gasteiger partial charge in [0.15, 0.2) is 6.10 Å². The molecule has 3 N–H and O–H groups in total. The lowest BCUT2D eigenvalue weighted by atomic mass is 9.91. The van der Waals surface area contributed by atoms with Crippen LogP contribution in [-0.2, 0) is 36.9 Å². The second-order valence-corrected chi connectivity index (χ2v) is 17.1. The van der Waals surface area contributed by atoms with Gasteiger partial charge in [-0.3, -0.25) is 28.9 Å². The van der Waals surface area contributed by atoms with Crippen molar-refractivity contribution < 1.29 is 38.6 Å². The maximum absolute atomic E-state index is 15.0. The van der Waals surface area contributed by atoms with Crippen LogP contribution in [0, 0.1) is 17.8 Å². The number of piperidine rings is 1. The molecule has 0 spiro atoms. The lowest BCUT2D eigenvalue weighted by molar-refractivity contribution is -0.150. The predicted octanol–water partition coefficient (Wildman–Crippen LogP) is 6.67. The number of likely N-dealkylation sites (N-methyl/N-ethyl adjacent to an activating group) is 1. The first-order valence-corrected chi connectivity index (χ1v) is 21.6. The normalized spacial score (nSPS) is 17.5. The molecule has 7 atom stereocenters. The van der Waals surface area contributed by atoms with Crippen molar-refractivity contribution in [3.8, 4) is 5.75 Å². The van der Waals surface area contributed by atoms with Crippen LogP contribution in [0.1, 0.15) is 113 Å². The third-order valence-electron chi connectivity index (χ3n) is 11.3. The number of carbonyl (C=O) groups excluding carboxylic acids is 4. The molecular formula is C45H63N5O8S. The molecule has 322 valence electrons. The van der Waals surface area contributed by atoms with Crippen molar-refractivity contribution in [1.82, 2.24) is 25.4 Å². The van der Waals surface area contributed by atoms with E-state index in [9.17, 15) is 29.1 Å². The number of carboxylic acids is 1. The molecular weight excluding hydrogens is 771 g/mol. The largest absolute Gasteiger partial charge is 0.497 e. The number of benzene rings is 2. The molecule has 1 fully saturated rings. The highest BCUT2D eigenvalue weighted by atomic mass is 32.1. The average molecular weight is 834 g/mol. The van der Waals surface area contributed by atoms with Crippen LogP contribution < -0.4 is 15.4 Å². The Bertz CT molecular complexity index is 1840. The number of nitrogens with zero attached hydrogens (tertiary/aromatic N) is 3. The van der Waals surface area contributed by atoms with Gasteiger partial charge in [0, 0.05) is 37.4 Å². The van der Waals surface area contributed by atoms with E-state index in [1.807, 2.05) is 94.2 Å². The minimum absolute atomic E-state index is 0.107. The molecule has 0 bridgehead atoms. The van der Waals surface area contributed by atoms with Crippen LogP contribution in [0.25, 0.3) is 0 Å². The molecule has 59 heavy (non-hydrogen) atoms. The zero-order chi connectivity index (χ0) is 43.2. The van der Waals surface area contributed by atoms with E-state index < -0.39 is 48.0 Å². The number of hydrogen-bond acceptors (Lipinski definition) is 10. The first-order valence-electron chi connectivity index (χ1n) is 20.8. The molecule has 0 saturated carbocycles. The van der Waals surface area contributed by atoms with Crippen LogP contribution >= 0.6 is 11.3 Å². The zero-order valence-corrected chi connectivity index (χ0v) is 36.6. The van der Waals surface area contributed by atoms with Crippen molar-refractivity contribution >= 4 is 41.0 Å². The summed E-state index contributed by atoms with van der Waals surface area (Å²) in [7, 11) is 3.52. The molecule has 3 amide bonds. The molecule has 3 unspecified atom stereocenters. The third-order valence-corrected chi connectivity index (χ3v) is 12.3. The molecule has 13 nitrogen and oxygen atoms in total. The van der Waals surface area contributed by atoms with Gasteiger partial charge in [-0.15, -0.1) is 11.3 Å². The standard InChI is InChI=1S/C45H63N5O8S/c1-9-29(4)40(48-42(53)37-17-13-14-22-49(37)7)44(54)50(26-33-15-11-10-12-16-33)38(28(2)3)25-39(58-31(6)51)43-47-36(27-59-43)41(52)46-34(23-30(5)45(55)56)24-32-18-20-35(57-8)21-19-32/h10-12,15-16,18-21,27-30,34,37-40H,9,13-14,17,22-26H2,1-8H3,(H,46,52)(H,48,53)(H,55,56)/t29?,30-,34+,37?,38+,39+,40?/m0/s1. The summed E-state index contributed by atoms with van der Waals surface area (Å²) in [5, 5.41) is 17.8. The number of nitrogens with one attached hydrogen (secondary N) is 2. The lowest BCUT2D eigenvalue weighted by Gasteiger charge is -2.40. The highest BCUT2D eigenvalue weighted by Crippen LogP contribution is 2.33. The Labute approximate surface area is 353 Å². The molecule has 14 heteroatoms. The van der Waals surface area contributed by atoms with Gasteiger partial charge in [0.1, 0.15) is 22.5 Å². The second-order valence-electron chi connectivity index (χ2n) is 16.2. The van der Waals surface area contributed by atoms with Crippen molar-refractivity contribution in [3.05, 3.63) is 81.8 Å². The van der Waals surface area contributed by atoms with E-state index >= 15 is 0 Å². The summed E-state index contributed by atoms with van der Waals surface area (Å²) in [6.07, 6.45) is 3.24. The maximum Gasteiger partial charge on any atom is 0.306 e. The first-order chi connectivity index (χ1) is 28.1. The Balaban J connectivity index is 1.64. The smallest absolute Gasteiger partial charge is 0.306 e. The van der Waals surface area contributed by atoms with E-state index in [1.54, 1.807) is 19.4 Å². The minimum Gasteiger partial charge on any atom is -0.497 e. The van der Waals surface area contributed by atoms with Crippen LogP contribution in [0.5, 0.6) is 5.75 Å². The number of amides is 3. The number of aliphatic carboxylic acids is 1. The summed E-state index contributed by atoms with van der Waals surface area (Å²) in [5.74, 6) is -2.66. The predicted molar refractivity (Wildman–Crippen MR) is 228 cm³/mol. The van der Waals surface area contributed by atoms with E-state index in [0.717, 1.165) is 36.9 Å². The van der Waals surface area contributed by atoms with Crippen LogP contribution in [0.2, 0.25) is 0 Å². The van der Waals surface area contributed by atoms with Gasteiger partial charge in [0.2, 0.25) is 11.8 Å². The van der Waals surface area contributed by atoms with Crippen molar-refractivity contribution in [2.24, 2.45) is 17.8 Å². The molecule has 4 rings (SSSR count). The Morgan fingerprint density at radius 1 is 0.966 bits per heavy atom. The second kappa shape index (κ2) is 22.5. The fraction of sp³-hybridized carbons (Fsp3) is 0.556. The molecule has 2 heterocycles. The Hall–Kier alpha value is -4.82. The minimum atomic E-state index is -0.965. The zero-order valence-electron chi connectivity index (χ0n) is 35.8. The number of ether oxygens (including phenoxy) is 2. The Morgan fingerprint density at radius 3 is 2.25 bits per heavy atom. The summed E-state index contributed by atoms with van der Waals surface area (Å²) < 4.78 is 11.2. The highest BCUT2D eigenvalue weighted by molar-refractivity contribution is 7.09. The summed E-state index contributed by atoms with van der Waals surface area (Å²) in [5.41, 5.74) is 1.91. The molecule has 1 aliphatic heterocycles. The van der Waals surface area contributed by atoms with Crippen LogP contribution in [0.15, 0.2) is 60.0 Å². The number of aromatic nitrogens is 1. The number of carbonyl (C=O) groups is 5. The summed E-state index contributed by atoms with van der Waals surface area (Å²) in [6, 6.07) is 15.0. The van der Waals surface area contributed by atoms with Gasteiger partial charge < -0.3 is 30.1 Å². The first kappa shape index (κ1) is 46.9. The SMILES string of the molecule is CCC(C)C(NC(=O)C1CCCCN1C)C(=O)N(Cc1ccccc1)[C@H](C[C@@H](OC(C)=O)c1nc(C(=O)N[C@@H](Cc2ccc(OC)cc2)C[C@H](C)C(=O)O)cs1)C(C)C. The summed E-state index contributed by atoms with van der Waals surface area (Å²) >= 11 is 1.18. The molecule has 0 aliphatic carbocycles. The van der Waals surface area contributed by atoms with Crippen LogP contribution in [-0.4, -0.2) is 94.4 Å². The molecule has 1 saturated heterocycles. The molecule has 0 radical (unpaired) electrons. The van der Waals surface area contributed by atoms with Gasteiger partial charge in [-0.05, 0) is 74.4 Å². The molecule has 2 aromatic carbocycles. The summed E-state index contributed by atoms with van der Waals surface area (Å²) in [4.78, 5) is 75.5. The van der Waals surface area contributed by atoms with Gasteiger partial charge in [-0.1, -0.05) is 89.9 Å². The molecule has 1 aromatic heterocycles. The number of rotatable bonds is 21. The van der Waals surface area contributed by atoms with Gasteiger partial charge in [-0.2, -0.15) is 0 Å². The fourth-order valence-corrected chi connectivity index (χ4v) is 8.44. The van der Waals surface area contributed by atoms with Crippen molar-refractivity contribution in [1.29, 1.82) is 0 Å². The fourth-order valence-electron chi connectivity index (χ4n) is 7.60. The van der Waals surface area contributed by atoms with Crippen molar-refractivity contribution in [2.45, 2.75) is 123 Å². The highest BCUT2D eigenvalue weighted by Gasteiger charge is 2.39. The van der Waals surface area contributed by atoms with Gasteiger partial charge in [0.25, 0.3) is 5.91 Å². The van der Waals surface area contributed by atoms with Crippen molar-refractivity contribution in [2.75, 3.05) is 20.7 Å². The van der Waals surface area contributed by atoms with Gasteiger partial charge in [0.05, 0.1) is 19.1 Å². The number of methoxy groups -OCH3 is 1. The van der Waals surface area contributed by atoms with E-state index in [0.29, 0.717) is 23.6 Å². The van der Waals surface area contributed by atoms with E-state index in [4.69, 9.17) is 9.47 Å². The number of hydrogen-bond donors (Lipinski definition) is 3. The maximum atomic E-state index is 15.0. The van der Waals surface area contributed by atoms with Crippen LogP contribution in [0.4, 0.5) is 0 Å². The number of esters is 1. The van der Waals surface area contributed by atoms with E-state index in [2.05, 4.69) is 20.5 Å². The number of carboxylic acid groups (broad SMARTS) is 1. The monoisotopic (exact) mass is 833 g/mol. The topological polar surface area (TPSA) is 167 Å². The van der Waals surface area contributed by atoms with E-state index in [-0.39, 0.29) is 54.8 Å². The lowest BCUT2D eigenvalue weighted by Crippen LogP contribution is -2.58. The van der Waals surface area contributed by atoms with Gasteiger partial charge in [-0.25, -0.2) is 4.98 Å². The van der Waals surface area contributed by atoms with Gasteiger partial charge >= 0.3 is 11.9 Å². The van der Waals surface area contributed by atoms with Crippen LogP contribution in [0.3, 0.4) is 0 Å². The Kier molecular flexibility index (Phi) is 17.9.